The molecule has 1 aromatic heterocycles. The highest BCUT2D eigenvalue weighted by molar-refractivity contribution is 6.30. The van der Waals surface area contributed by atoms with Crippen molar-refractivity contribution in [3.8, 4) is 0 Å². The molecule has 0 bridgehead atoms. The second-order valence-electron chi connectivity index (χ2n) is 5.87. The molecule has 0 aliphatic heterocycles. The van der Waals surface area contributed by atoms with Crippen LogP contribution in [0, 0.1) is 0 Å². The summed E-state index contributed by atoms with van der Waals surface area (Å²) >= 11 is 5.98. The summed E-state index contributed by atoms with van der Waals surface area (Å²) in [6.07, 6.45) is 4.84. The number of aromatic nitrogens is 2. The SMILES string of the molecule is CC(C)(c1ccc(Cl)cc1)c1n[nH]c2c1CCCC2. The molecular formula is C16H19ClN2. The molecule has 1 N–H and O–H groups in total. The second kappa shape index (κ2) is 4.68. The van der Waals surface area contributed by atoms with Crippen LogP contribution in [0.4, 0.5) is 0 Å². The van der Waals surface area contributed by atoms with E-state index in [1.54, 1.807) is 0 Å². The van der Waals surface area contributed by atoms with Crippen LogP contribution in [-0.4, -0.2) is 10.2 Å². The van der Waals surface area contributed by atoms with Crippen molar-refractivity contribution in [2.45, 2.75) is 44.9 Å². The predicted octanol–water partition coefficient (Wildman–Crippen LogP) is 4.27. The molecule has 0 spiro atoms. The number of benzene rings is 1. The minimum Gasteiger partial charge on any atom is -0.282 e. The van der Waals surface area contributed by atoms with E-state index in [1.807, 2.05) is 12.1 Å². The normalized spacial score (nSPS) is 15.3. The van der Waals surface area contributed by atoms with Gasteiger partial charge in [0.15, 0.2) is 0 Å². The Kier molecular flexibility index (Phi) is 3.14. The van der Waals surface area contributed by atoms with Crippen LogP contribution in [-0.2, 0) is 18.3 Å². The summed E-state index contributed by atoms with van der Waals surface area (Å²) in [5, 5.41) is 8.63. The molecule has 0 amide bonds. The summed E-state index contributed by atoms with van der Waals surface area (Å²) in [4.78, 5) is 0. The van der Waals surface area contributed by atoms with Crippen LogP contribution in [0.5, 0.6) is 0 Å². The van der Waals surface area contributed by atoms with Gasteiger partial charge in [0.05, 0.1) is 5.69 Å². The Labute approximate surface area is 119 Å². The standard InChI is InChI=1S/C16H19ClN2/c1-16(2,11-7-9-12(17)10-8-11)15-13-5-3-4-6-14(13)18-19-15/h7-10H,3-6H2,1-2H3,(H,18,19). The van der Waals surface area contributed by atoms with Gasteiger partial charge in [-0.05, 0) is 48.9 Å². The molecule has 1 aromatic carbocycles. The highest BCUT2D eigenvalue weighted by atomic mass is 35.5. The van der Waals surface area contributed by atoms with Crippen molar-refractivity contribution in [3.63, 3.8) is 0 Å². The summed E-state index contributed by atoms with van der Waals surface area (Å²) in [5.41, 5.74) is 5.15. The molecule has 100 valence electrons. The van der Waals surface area contributed by atoms with Gasteiger partial charge < -0.3 is 0 Å². The topological polar surface area (TPSA) is 28.7 Å². The van der Waals surface area contributed by atoms with E-state index in [1.165, 1.54) is 35.4 Å². The molecular weight excluding hydrogens is 256 g/mol. The van der Waals surface area contributed by atoms with Crippen LogP contribution in [0.1, 0.15) is 49.2 Å². The van der Waals surface area contributed by atoms with E-state index in [9.17, 15) is 0 Å². The average molecular weight is 275 g/mol. The van der Waals surface area contributed by atoms with Gasteiger partial charge in [-0.15, -0.1) is 0 Å². The number of halogens is 1. The van der Waals surface area contributed by atoms with Crippen molar-refractivity contribution >= 4 is 11.6 Å². The lowest BCUT2D eigenvalue weighted by Crippen LogP contribution is -2.22. The number of aromatic amines is 1. The van der Waals surface area contributed by atoms with Gasteiger partial charge in [-0.25, -0.2) is 0 Å². The van der Waals surface area contributed by atoms with E-state index in [0.29, 0.717) is 0 Å². The number of H-pyrrole nitrogens is 1. The first kappa shape index (κ1) is 12.7. The summed E-state index contributed by atoms with van der Waals surface area (Å²) in [6, 6.07) is 8.12. The second-order valence-corrected chi connectivity index (χ2v) is 6.30. The molecule has 0 saturated heterocycles. The number of nitrogens with zero attached hydrogens (tertiary/aromatic N) is 1. The number of aryl methyl sites for hydroxylation is 1. The van der Waals surface area contributed by atoms with E-state index in [-0.39, 0.29) is 5.41 Å². The fourth-order valence-electron chi connectivity index (χ4n) is 3.00. The Hall–Kier alpha value is -1.28. The molecule has 0 fully saturated rings. The zero-order valence-corrected chi connectivity index (χ0v) is 12.2. The molecule has 0 unspecified atom stereocenters. The molecule has 0 radical (unpaired) electrons. The molecule has 0 saturated carbocycles. The van der Waals surface area contributed by atoms with Gasteiger partial charge >= 0.3 is 0 Å². The minimum absolute atomic E-state index is 0.0774. The third-order valence-electron chi connectivity index (χ3n) is 4.21. The van der Waals surface area contributed by atoms with E-state index in [2.05, 4.69) is 36.2 Å². The lowest BCUT2D eigenvalue weighted by molar-refractivity contribution is 0.598. The molecule has 1 aliphatic carbocycles. The van der Waals surface area contributed by atoms with Crippen LogP contribution in [0.2, 0.25) is 5.02 Å². The number of fused-ring (bicyclic) bond motifs is 1. The quantitative estimate of drug-likeness (QED) is 0.871. The van der Waals surface area contributed by atoms with E-state index in [4.69, 9.17) is 11.6 Å². The van der Waals surface area contributed by atoms with Crippen molar-refractivity contribution in [2.24, 2.45) is 0 Å². The Balaban J connectivity index is 2.04. The summed E-state index contributed by atoms with van der Waals surface area (Å²) in [5.74, 6) is 0. The third-order valence-corrected chi connectivity index (χ3v) is 4.47. The van der Waals surface area contributed by atoms with Crippen LogP contribution >= 0.6 is 11.6 Å². The first-order valence-corrected chi connectivity index (χ1v) is 7.29. The van der Waals surface area contributed by atoms with Crippen molar-refractivity contribution in [1.82, 2.24) is 10.2 Å². The van der Waals surface area contributed by atoms with Crippen LogP contribution < -0.4 is 0 Å². The van der Waals surface area contributed by atoms with Crippen molar-refractivity contribution < 1.29 is 0 Å². The van der Waals surface area contributed by atoms with Crippen molar-refractivity contribution in [3.05, 3.63) is 51.8 Å². The third kappa shape index (κ3) is 2.18. The average Bonchev–Trinajstić information content (AvgIpc) is 2.83. The van der Waals surface area contributed by atoms with E-state index < -0.39 is 0 Å². The van der Waals surface area contributed by atoms with Gasteiger partial charge in [0, 0.05) is 16.1 Å². The maximum atomic E-state index is 5.98. The number of rotatable bonds is 2. The fraction of sp³-hybridized carbons (Fsp3) is 0.438. The minimum atomic E-state index is -0.0774. The lowest BCUT2D eigenvalue weighted by Gasteiger charge is -2.26. The molecule has 3 rings (SSSR count). The number of hydrogen-bond acceptors (Lipinski definition) is 1. The first-order chi connectivity index (χ1) is 9.09. The molecule has 1 aliphatic rings. The Bertz CT molecular complexity index is 581. The predicted molar refractivity (Wildman–Crippen MR) is 78.8 cm³/mol. The maximum absolute atomic E-state index is 5.98. The molecule has 3 heteroatoms. The zero-order chi connectivity index (χ0) is 13.5. The maximum Gasteiger partial charge on any atom is 0.0756 e. The van der Waals surface area contributed by atoms with Crippen molar-refractivity contribution in [1.29, 1.82) is 0 Å². The van der Waals surface area contributed by atoms with Crippen LogP contribution in [0.15, 0.2) is 24.3 Å². The first-order valence-electron chi connectivity index (χ1n) is 6.91. The molecule has 0 atom stereocenters. The van der Waals surface area contributed by atoms with E-state index in [0.717, 1.165) is 17.9 Å². The summed E-state index contributed by atoms with van der Waals surface area (Å²) in [6.45, 7) is 4.47. The largest absolute Gasteiger partial charge is 0.282 e. The zero-order valence-electron chi connectivity index (χ0n) is 11.5. The highest BCUT2D eigenvalue weighted by Crippen LogP contribution is 2.36. The summed E-state index contributed by atoms with van der Waals surface area (Å²) < 4.78 is 0. The van der Waals surface area contributed by atoms with Gasteiger partial charge in [0.1, 0.15) is 0 Å². The van der Waals surface area contributed by atoms with Crippen LogP contribution in [0.3, 0.4) is 0 Å². The Morgan fingerprint density at radius 1 is 1.11 bits per heavy atom. The summed E-state index contributed by atoms with van der Waals surface area (Å²) in [7, 11) is 0. The van der Waals surface area contributed by atoms with Gasteiger partial charge in [0.25, 0.3) is 0 Å². The number of nitrogens with one attached hydrogen (secondary N) is 1. The fourth-order valence-corrected chi connectivity index (χ4v) is 3.13. The smallest absolute Gasteiger partial charge is 0.0756 e. The Morgan fingerprint density at radius 3 is 2.53 bits per heavy atom. The monoisotopic (exact) mass is 274 g/mol. The van der Waals surface area contributed by atoms with Gasteiger partial charge in [0.2, 0.25) is 0 Å². The lowest BCUT2D eigenvalue weighted by atomic mass is 9.78. The van der Waals surface area contributed by atoms with Gasteiger partial charge in [-0.3, -0.25) is 5.10 Å². The Morgan fingerprint density at radius 2 is 1.79 bits per heavy atom. The van der Waals surface area contributed by atoms with Gasteiger partial charge in [-0.2, -0.15) is 5.10 Å². The van der Waals surface area contributed by atoms with Crippen LogP contribution in [0.25, 0.3) is 0 Å². The van der Waals surface area contributed by atoms with Crippen molar-refractivity contribution in [2.75, 3.05) is 0 Å². The van der Waals surface area contributed by atoms with E-state index >= 15 is 0 Å². The number of hydrogen-bond donors (Lipinski definition) is 1. The highest BCUT2D eigenvalue weighted by Gasteiger charge is 2.30. The van der Waals surface area contributed by atoms with Gasteiger partial charge in [-0.1, -0.05) is 37.6 Å². The molecule has 2 aromatic rings. The molecule has 19 heavy (non-hydrogen) atoms. The molecule has 2 nitrogen and oxygen atoms in total. The molecule has 1 heterocycles.